The van der Waals surface area contributed by atoms with Crippen LogP contribution in [0.15, 0.2) is 60.9 Å². The first-order valence-electron chi connectivity index (χ1n) is 11.9. The lowest BCUT2D eigenvalue weighted by Gasteiger charge is -2.14. The normalized spacial score (nSPS) is 15.9. The number of para-hydroxylation sites is 2. The average molecular weight is 473 g/mol. The van der Waals surface area contributed by atoms with E-state index in [0.717, 1.165) is 21.8 Å². The van der Waals surface area contributed by atoms with Gasteiger partial charge >= 0.3 is 11.9 Å². The van der Waals surface area contributed by atoms with Crippen molar-refractivity contribution in [1.29, 1.82) is 0 Å². The highest BCUT2D eigenvalue weighted by molar-refractivity contribution is 6.46. The maximum absolute atomic E-state index is 13.1. The van der Waals surface area contributed by atoms with Crippen molar-refractivity contribution in [2.45, 2.75) is 40.2 Å². The van der Waals surface area contributed by atoms with E-state index in [9.17, 15) is 9.59 Å². The number of aromatic nitrogens is 2. The van der Waals surface area contributed by atoms with Gasteiger partial charge < -0.3 is 23.3 Å². The number of rotatable bonds is 8. The molecule has 2 aromatic heterocycles. The highest BCUT2D eigenvalue weighted by Crippen LogP contribution is 2.41. The number of hydrogen-bond donors (Lipinski definition) is 0. The minimum atomic E-state index is -0.647. The Morgan fingerprint density at radius 1 is 0.714 bits per heavy atom. The van der Waals surface area contributed by atoms with Crippen molar-refractivity contribution in [3.63, 3.8) is 0 Å². The van der Waals surface area contributed by atoms with E-state index in [-0.39, 0.29) is 23.6 Å². The molecule has 2 unspecified atom stereocenters. The molecule has 0 saturated heterocycles. The zero-order valence-electron chi connectivity index (χ0n) is 20.3. The summed E-state index contributed by atoms with van der Waals surface area (Å²) in [5.74, 6) is -1.29. The van der Waals surface area contributed by atoms with Crippen LogP contribution in [0.5, 0.6) is 0 Å². The van der Waals surface area contributed by atoms with Gasteiger partial charge in [0.2, 0.25) is 0 Å². The van der Waals surface area contributed by atoms with Gasteiger partial charge in [-0.2, -0.15) is 0 Å². The van der Waals surface area contributed by atoms with Gasteiger partial charge in [-0.15, -0.1) is 0 Å². The van der Waals surface area contributed by atoms with Crippen LogP contribution < -0.4 is 0 Å². The molecule has 5 rings (SSSR count). The summed E-state index contributed by atoms with van der Waals surface area (Å²) in [7, 11) is 0. The Kier molecular flexibility index (Phi) is 6.05. The third kappa shape index (κ3) is 3.77. The molecule has 3 heterocycles. The summed E-state index contributed by atoms with van der Waals surface area (Å²) in [5.41, 5.74) is 3.64. The monoisotopic (exact) mass is 472 g/mol. The van der Waals surface area contributed by atoms with Gasteiger partial charge in [-0.05, 0) is 39.8 Å². The molecule has 1 aliphatic heterocycles. The number of esters is 2. The number of carbonyl (C=O) groups excluding carboxylic acids is 2. The molecule has 0 radical (unpaired) electrons. The Bertz CT molecular complexity index is 1370. The Hall–Kier alpha value is -3.68. The topological polar surface area (TPSA) is 71.7 Å². The number of nitrogens with zero attached hydrogens (tertiary/aromatic N) is 2. The number of benzene rings is 2. The number of carbonyl (C=O) groups is 2. The zero-order valence-corrected chi connectivity index (χ0v) is 20.3. The summed E-state index contributed by atoms with van der Waals surface area (Å²) in [4.78, 5) is 26.2. The van der Waals surface area contributed by atoms with Crippen molar-refractivity contribution in [2.75, 3.05) is 13.2 Å². The van der Waals surface area contributed by atoms with Gasteiger partial charge in [0.1, 0.15) is 12.5 Å². The Morgan fingerprint density at radius 2 is 1.11 bits per heavy atom. The standard InChI is InChI=1S/C28H28N2O5/c1-5-33-17(3)29-15-21(19-11-7-9-13-23(19)29)25-26(28(32)35-27(25)31)22-16-30(18(4)34-6-2)24-14-10-8-12-20(22)24/h7-18H,5-6H2,1-4H3. The number of ether oxygens (including phenoxy) is 3. The number of cyclic esters (lactones) is 2. The van der Waals surface area contributed by atoms with Crippen molar-refractivity contribution in [3.05, 3.63) is 72.1 Å². The van der Waals surface area contributed by atoms with Gasteiger partial charge in [-0.1, -0.05) is 36.4 Å². The lowest BCUT2D eigenvalue weighted by molar-refractivity contribution is -0.149. The summed E-state index contributed by atoms with van der Waals surface area (Å²) in [6.45, 7) is 8.89. The van der Waals surface area contributed by atoms with Crippen LogP contribution in [0.1, 0.15) is 51.3 Å². The molecule has 7 nitrogen and oxygen atoms in total. The lowest BCUT2D eigenvalue weighted by atomic mass is 9.95. The molecule has 35 heavy (non-hydrogen) atoms. The van der Waals surface area contributed by atoms with E-state index in [1.807, 2.05) is 97.8 Å². The minimum Gasteiger partial charge on any atom is -0.386 e. The molecule has 0 spiro atoms. The second kappa shape index (κ2) is 9.17. The van der Waals surface area contributed by atoms with Crippen LogP contribution >= 0.6 is 0 Å². The van der Waals surface area contributed by atoms with E-state index < -0.39 is 11.9 Å². The Morgan fingerprint density at radius 3 is 1.51 bits per heavy atom. The fourth-order valence-electron chi connectivity index (χ4n) is 4.93. The van der Waals surface area contributed by atoms with E-state index in [1.165, 1.54) is 0 Å². The van der Waals surface area contributed by atoms with E-state index in [0.29, 0.717) is 24.3 Å². The SMILES string of the molecule is CCOC(C)n1cc(C2=C(c3cn(C(C)OCC)c4ccccc34)C(=O)OC2=O)c2ccccc21. The fourth-order valence-corrected chi connectivity index (χ4v) is 4.93. The van der Waals surface area contributed by atoms with Gasteiger partial charge in [0, 0.05) is 47.5 Å². The first kappa shape index (κ1) is 23.1. The van der Waals surface area contributed by atoms with Gasteiger partial charge in [-0.3, -0.25) is 0 Å². The molecule has 2 aromatic carbocycles. The third-order valence-electron chi connectivity index (χ3n) is 6.46. The van der Waals surface area contributed by atoms with E-state index in [2.05, 4.69) is 0 Å². The molecule has 0 amide bonds. The van der Waals surface area contributed by atoms with Crippen LogP contribution in [-0.4, -0.2) is 34.3 Å². The van der Waals surface area contributed by atoms with Crippen molar-refractivity contribution < 1.29 is 23.8 Å². The molecule has 0 saturated carbocycles. The molecule has 180 valence electrons. The molecule has 0 bridgehead atoms. The average Bonchev–Trinajstić information content (AvgIpc) is 3.50. The van der Waals surface area contributed by atoms with Crippen molar-refractivity contribution in [1.82, 2.24) is 9.13 Å². The van der Waals surface area contributed by atoms with Crippen molar-refractivity contribution in [2.24, 2.45) is 0 Å². The highest BCUT2D eigenvalue weighted by Gasteiger charge is 2.38. The van der Waals surface area contributed by atoms with Crippen LogP contribution in [-0.2, 0) is 23.8 Å². The Balaban J connectivity index is 1.79. The quantitative estimate of drug-likeness (QED) is 0.243. The van der Waals surface area contributed by atoms with E-state index in [1.54, 1.807) is 0 Å². The molecule has 4 aromatic rings. The summed E-state index contributed by atoms with van der Waals surface area (Å²) in [6, 6.07) is 15.6. The molecule has 7 heteroatoms. The summed E-state index contributed by atoms with van der Waals surface area (Å²) >= 11 is 0. The molecular formula is C28H28N2O5. The first-order valence-corrected chi connectivity index (χ1v) is 11.9. The van der Waals surface area contributed by atoms with Crippen LogP contribution in [0.3, 0.4) is 0 Å². The molecule has 0 N–H and O–H groups in total. The second-order valence-corrected chi connectivity index (χ2v) is 8.47. The van der Waals surface area contributed by atoms with Gasteiger partial charge in [-0.25, -0.2) is 9.59 Å². The molecule has 1 aliphatic rings. The maximum Gasteiger partial charge on any atom is 0.347 e. The lowest BCUT2D eigenvalue weighted by Crippen LogP contribution is -2.08. The van der Waals surface area contributed by atoms with Crippen LogP contribution in [0.2, 0.25) is 0 Å². The van der Waals surface area contributed by atoms with E-state index >= 15 is 0 Å². The summed E-state index contributed by atoms with van der Waals surface area (Å²) in [5, 5.41) is 1.70. The highest BCUT2D eigenvalue weighted by atomic mass is 16.6. The predicted octanol–water partition coefficient (Wildman–Crippen LogP) is 5.70. The molecule has 0 aliphatic carbocycles. The number of fused-ring (bicyclic) bond motifs is 2. The van der Waals surface area contributed by atoms with Crippen molar-refractivity contribution >= 4 is 44.9 Å². The third-order valence-corrected chi connectivity index (χ3v) is 6.46. The minimum absolute atomic E-state index is 0.246. The molecule has 2 atom stereocenters. The second-order valence-electron chi connectivity index (χ2n) is 8.47. The van der Waals surface area contributed by atoms with Gasteiger partial charge in [0.25, 0.3) is 0 Å². The smallest absolute Gasteiger partial charge is 0.347 e. The van der Waals surface area contributed by atoms with Gasteiger partial charge in [0.05, 0.1) is 22.2 Å². The first-order chi connectivity index (χ1) is 17.0. The van der Waals surface area contributed by atoms with E-state index in [4.69, 9.17) is 14.2 Å². The van der Waals surface area contributed by atoms with Crippen LogP contribution in [0.4, 0.5) is 0 Å². The van der Waals surface area contributed by atoms with Gasteiger partial charge in [0.15, 0.2) is 0 Å². The summed E-state index contributed by atoms with van der Waals surface area (Å²) in [6.07, 6.45) is 3.26. The largest absolute Gasteiger partial charge is 0.386 e. The maximum atomic E-state index is 13.1. The van der Waals surface area contributed by atoms with Crippen LogP contribution in [0.25, 0.3) is 33.0 Å². The molecule has 0 fully saturated rings. The van der Waals surface area contributed by atoms with Crippen molar-refractivity contribution in [3.8, 4) is 0 Å². The molecular weight excluding hydrogens is 444 g/mol. The predicted molar refractivity (Wildman–Crippen MR) is 134 cm³/mol. The fraction of sp³-hybridized carbons (Fsp3) is 0.286. The van der Waals surface area contributed by atoms with Crippen LogP contribution in [0, 0.1) is 0 Å². The Labute approximate surface area is 203 Å². The zero-order chi connectivity index (χ0) is 24.7. The summed E-state index contributed by atoms with van der Waals surface area (Å²) < 4.78 is 20.8. The number of hydrogen-bond acceptors (Lipinski definition) is 5.